The molecule has 0 unspecified atom stereocenters. The summed E-state index contributed by atoms with van der Waals surface area (Å²) >= 11 is 5.94. The van der Waals surface area contributed by atoms with Gasteiger partial charge in [-0.25, -0.2) is 0 Å². The molecule has 0 saturated heterocycles. The zero-order valence-electron chi connectivity index (χ0n) is 7.29. The van der Waals surface area contributed by atoms with Crippen molar-refractivity contribution in [3.8, 4) is 0 Å². The van der Waals surface area contributed by atoms with Crippen LogP contribution in [0.2, 0.25) is 5.02 Å². The van der Waals surface area contributed by atoms with E-state index in [1.165, 1.54) is 0 Å². The summed E-state index contributed by atoms with van der Waals surface area (Å²) in [7, 11) is 0. The molecule has 0 aromatic heterocycles. The van der Waals surface area contributed by atoms with Gasteiger partial charge < -0.3 is 10.9 Å². The highest BCUT2D eigenvalue weighted by Gasteiger charge is 2.02. The van der Waals surface area contributed by atoms with Crippen molar-refractivity contribution >= 4 is 17.4 Å². The third-order valence-electron chi connectivity index (χ3n) is 1.71. The number of benzene rings is 1. The van der Waals surface area contributed by atoms with E-state index < -0.39 is 0 Å². The van der Waals surface area contributed by atoms with E-state index in [4.69, 9.17) is 22.5 Å². The summed E-state index contributed by atoms with van der Waals surface area (Å²) in [6.45, 7) is 1.96. The van der Waals surface area contributed by atoms with Gasteiger partial charge >= 0.3 is 0 Å². The van der Waals surface area contributed by atoms with Gasteiger partial charge in [0.15, 0.2) is 0 Å². The standard InChI is InChI=1S/C9H11ClN2O/c1-6-2-3-7(8(10)4-6)5-9(11)12-13/h2-4,13H,5H2,1H3,(H2,11,12). The highest BCUT2D eigenvalue weighted by Crippen LogP contribution is 2.17. The third-order valence-corrected chi connectivity index (χ3v) is 2.06. The maximum Gasteiger partial charge on any atom is 0.143 e. The predicted octanol–water partition coefficient (Wildman–Crippen LogP) is 1.94. The van der Waals surface area contributed by atoms with E-state index in [-0.39, 0.29) is 5.84 Å². The summed E-state index contributed by atoms with van der Waals surface area (Å²) in [4.78, 5) is 0. The van der Waals surface area contributed by atoms with Crippen molar-refractivity contribution in [3.05, 3.63) is 34.3 Å². The molecule has 70 valence electrons. The molecule has 1 aromatic carbocycles. The maximum absolute atomic E-state index is 8.36. The topological polar surface area (TPSA) is 58.6 Å². The summed E-state index contributed by atoms with van der Waals surface area (Å²) in [5, 5.41) is 11.9. The SMILES string of the molecule is Cc1ccc(C/C(N)=N/O)c(Cl)c1. The summed E-state index contributed by atoms with van der Waals surface area (Å²) in [6, 6.07) is 5.66. The van der Waals surface area contributed by atoms with Crippen LogP contribution in [0.15, 0.2) is 23.4 Å². The van der Waals surface area contributed by atoms with Crippen molar-refractivity contribution in [2.75, 3.05) is 0 Å². The largest absolute Gasteiger partial charge is 0.409 e. The van der Waals surface area contributed by atoms with E-state index in [9.17, 15) is 0 Å². The van der Waals surface area contributed by atoms with Gasteiger partial charge in [-0.1, -0.05) is 28.9 Å². The van der Waals surface area contributed by atoms with Crippen molar-refractivity contribution in [2.24, 2.45) is 10.9 Å². The highest BCUT2D eigenvalue weighted by molar-refractivity contribution is 6.31. The second kappa shape index (κ2) is 4.14. The first-order chi connectivity index (χ1) is 6.13. The number of hydrogen-bond acceptors (Lipinski definition) is 2. The molecule has 4 heteroatoms. The Kier molecular flexibility index (Phi) is 3.14. The number of nitrogens with two attached hydrogens (primary N) is 1. The second-order valence-corrected chi connectivity index (χ2v) is 3.27. The molecule has 0 amide bonds. The Hall–Kier alpha value is -1.22. The highest BCUT2D eigenvalue weighted by atomic mass is 35.5. The lowest BCUT2D eigenvalue weighted by molar-refractivity contribution is 0.317. The Bertz CT molecular complexity index is 336. The molecule has 3 N–H and O–H groups in total. The van der Waals surface area contributed by atoms with Crippen molar-refractivity contribution < 1.29 is 5.21 Å². The lowest BCUT2D eigenvalue weighted by atomic mass is 10.1. The summed E-state index contributed by atoms with van der Waals surface area (Å²) < 4.78 is 0. The molecule has 0 aliphatic carbocycles. The van der Waals surface area contributed by atoms with Crippen LogP contribution in [0.4, 0.5) is 0 Å². The van der Waals surface area contributed by atoms with E-state index in [1.54, 1.807) is 0 Å². The first-order valence-corrected chi connectivity index (χ1v) is 4.22. The number of nitrogens with zero attached hydrogens (tertiary/aromatic N) is 1. The number of hydrogen-bond donors (Lipinski definition) is 2. The van der Waals surface area contributed by atoms with Crippen LogP contribution in [-0.2, 0) is 6.42 Å². The molecule has 0 radical (unpaired) electrons. The number of aryl methyl sites for hydroxylation is 1. The molecule has 0 saturated carbocycles. The van der Waals surface area contributed by atoms with Crippen molar-refractivity contribution in [2.45, 2.75) is 13.3 Å². The minimum absolute atomic E-state index is 0.158. The van der Waals surface area contributed by atoms with E-state index in [1.807, 2.05) is 25.1 Å². The summed E-state index contributed by atoms with van der Waals surface area (Å²) in [5.41, 5.74) is 7.31. The van der Waals surface area contributed by atoms with Crippen LogP contribution in [0.25, 0.3) is 0 Å². The monoisotopic (exact) mass is 198 g/mol. The van der Waals surface area contributed by atoms with Crippen LogP contribution in [-0.4, -0.2) is 11.0 Å². The minimum Gasteiger partial charge on any atom is -0.409 e. The van der Waals surface area contributed by atoms with E-state index in [0.29, 0.717) is 11.4 Å². The summed E-state index contributed by atoms with van der Waals surface area (Å²) in [6.07, 6.45) is 0.371. The van der Waals surface area contributed by atoms with Gasteiger partial charge in [-0.3, -0.25) is 0 Å². The molecule has 0 atom stereocenters. The van der Waals surface area contributed by atoms with Gasteiger partial charge in [0.05, 0.1) is 0 Å². The maximum atomic E-state index is 8.36. The molecule has 0 heterocycles. The Labute approximate surface area is 81.8 Å². The van der Waals surface area contributed by atoms with Crippen LogP contribution in [0.1, 0.15) is 11.1 Å². The fraction of sp³-hybridized carbons (Fsp3) is 0.222. The molecular weight excluding hydrogens is 188 g/mol. The lowest BCUT2D eigenvalue weighted by Crippen LogP contribution is -2.14. The number of oxime groups is 1. The number of amidine groups is 1. The van der Waals surface area contributed by atoms with Crippen LogP contribution in [0, 0.1) is 6.92 Å². The zero-order chi connectivity index (χ0) is 9.84. The normalized spacial score (nSPS) is 11.7. The molecule has 0 bridgehead atoms. The Balaban J connectivity index is 2.90. The first-order valence-electron chi connectivity index (χ1n) is 3.85. The number of halogens is 1. The van der Waals surface area contributed by atoms with Gasteiger partial charge in [0.2, 0.25) is 0 Å². The molecule has 3 nitrogen and oxygen atoms in total. The van der Waals surface area contributed by atoms with Crippen molar-refractivity contribution in [3.63, 3.8) is 0 Å². The fourth-order valence-corrected chi connectivity index (χ4v) is 1.33. The Morgan fingerprint density at radius 1 is 1.62 bits per heavy atom. The molecule has 0 aliphatic rings. The van der Waals surface area contributed by atoms with Gasteiger partial charge in [0, 0.05) is 11.4 Å². The van der Waals surface area contributed by atoms with Gasteiger partial charge in [-0.2, -0.15) is 0 Å². The average Bonchev–Trinajstić information content (AvgIpc) is 2.09. The third kappa shape index (κ3) is 2.63. The Morgan fingerprint density at radius 2 is 2.31 bits per heavy atom. The van der Waals surface area contributed by atoms with E-state index in [0.717, 1.165) is 11.1 Å². The van der Waals surface area contributed by atoms with Gasteiger partial charge in [0.25, 0.3) is 0 Å². The minimum atomic E-state index is 0.158. The van der Waals surface area contributed by atoms with Crippen LogP contribution >= 0.6 is 11.6 Å². The average molecular weight is 199 g/mol. The van der Waals surface area contributed by atoms with Crippen molar-refractivity contribution in [1.29, 1.82) is 0 Å². The molecule has 0 aliphatic heterocycles. The van der Waals surface area contributed by atoms with Gasteiger partial charge in [0.1, 0.15) is 5.84 Å². The van der Waals surface area contributed by atoms with Crippen LogP contribution < -0.4 is 5.73 Å². The van der Waals surface area contributed by atoms with E-state index >= 15 is 0 Å². The summed E-state index contributed by atoms with van der Waals surface area (Å²) in [5.74, 6) is 0.158. The van der Waals surface area contributed by atoms with Crippen LogP contribution in [0.3, 0.4) is 0 Å². The Morgan fingerprint density at radius 3 is 2.85 bits per heavy atom. The number of rotatable bonds is 2. The second-order valence-electron chi connectivity index (χ2n) is 2.86. The molecule has 0 fully saturated rings. The van der Waals surface area contributed by atoms with Gasteiger partial charge in [-0.05, 0) is 24.1 Å². The fourth-order valence-electron chi connectivity index (χ4n) is 1.03. The first kappa shape index (κ1) is 9.86. The quantitative estimate of drug-likeness (QED) is 0.330. The molecule has 13 heavy (non-hydrogen) atoms. The predicted molar refractivity (Wildman–Crippen MR) is 53.3 cm³/mol. The molecule has 1 aromatic rings. The zero-order valence-corrected chi connectivity index (χ0v) is 8.04. The van der Waals surface area contributed by atoms with Crippen LogP contribution in [0.5, 0.6) is 0 Å². The molecular formula is C9H11ClN2O. The van der Waals surface area contributed by atoms with Gasteiger partial charge in [-0.15, -0.1) is 0 Å². The lowest BCUT2D eigenvalue weighted by Gasteiger charge is -2.03. The van der Waals surface area contributed by atoms with E-state index in [2.05, 4.69) is 5.16 Å². The molecule has 1 rings (SSSR count). The molecule has 0 spiro atoms. The smallest absolute Gasteiger partial charge is 0.143 e. The van der Waals surface area contributed by atoms with Crippen molar-refractivity contribution in [1.82, 2.24) is 0 Å².